The zero-order chi connectivity index (χ0) is 19.0. The van der Waals surface area contributed by atoms with Gasteiger partial charge in [0.25, 0.3) is 11.9 Å². The Hall–Kier alpha value is -3.48. The molecule has 2 heterocycles. The normalized spacial score (nSPS) is 11.3. The first-order chi connectivity index (χ1) is 13.0. The Morgan fingerprint density at radius 3 is 2.59 bits per heavy atom. The number of H-pyrrole nitrogens is 1. The van der Waals surface area contributed by atoms with E-state index in [2.05, 4.69) is 39.3 Å². The van der Waals surface area contributed by atoms with Crippen LogP contribution in [0.25, 0.3) is 22.1 Å². The number of ether oxygens (including phenoxy) is 1. The third-order valence-corrected chi connectivity index (χ3v) is 4.49. The average molecular weight is 361 g/mol. The Balaban J connectivity index is 1.62. The molecule has 2 aromatic carbocycles. The third kappa shape index (κ3) is 3.19. The van der Waals surface area contributed by atoms with E-state index in [1.54, 1.807) is 19.2 Å². The van der Waals surface area contributed by atoms with E-state index in [0.717, 1.165) is 16.7 Å². The fourth-order valence-electron chi connectivity index (χ4n) is 2.92. The van der Waals surface area contributed by atoms with E-state index in [0.29, 0.717) is 22.6 Å². The number of nitrogens with zero attached hydrogens (tertiary/aromatic N) is 3. The number of benzene rings is 2. The van der Waals surface area contributed by atoms with E-state index in [4.69, 9.17) is 4.74 Å². The molecule has 0 aliphatic carbocycles. The van der Waals surface area contributed by atoms with Gasteiger partial charge in [-0.1, -0.05) is 26.0 Å². The zero-order valence-electron chi connectivity index (χ0n) is 15.3. The van der Waals surface area contributed by atoms with Crippen LogP contribution in [-0.2, 0) is 0 Å². The number of aromatic amines is 1. The van der Waals surface area contributed by atoms with Gasteiger partial charge in [0.05, 0.1) is 7.11 Å². The molecule has 2 aromatic heterocycles. The number of amides is 1. The average Bonchev–Trinajstić information content (AvgIpc) is 3.04. The molecule has 136 valence electrons. The van der Waals surface area contributed by atoms with Gasteiger partial charge in [-0.3, -0.25) is 10.1 Å². The Kier molecular flexibility index (Phi) is 4.19. The van der Waals surface area contributed by atoms with Crippen molar-refractivity contribution in [1.82, 2.24) is 20.2 Å². The van der Waals surface area contributed by atoms with Crippen LogP contribution in [0.5, 0.6) is 5.75 Å². The zero-order valence-corrected chi connectivity index (χ0v) is 15.3. The minimum Gasteiger partial charge on any atom is -0.497 e. The highest BCUT2D eigenvalue weighted by molar-refractivity contribution is 6.05. The fraction of sp³-hybridized carbons (Fsp3) is 0.200. The Labute approximate surface area is 155 Å². The quantitative estimate of drug-likeness (QED) is 0.575. The molecule has 2 N–H and O–H groups in total. The van der Waals surface area contributed by atoms with Crippen molar-refractivity contribution < 1.29 is 9.53 Å². The summed E-state index contributed by atoms with van der Waals surface area (Å²) in [5, 5.41) is 11.8. The summed E-state index contributed by atoms with van der Waals surface area (Å²) in [6, 6.07) is 13.1. The van der Waals surface area contributed by atoms with Crippen LogP contribution in [0.1, 0.15) is 35.7 Å². The van der Waals surface area contributed by atoms with E-state index >= 15 is 0 Å². The number of carbonyl (C=O) groups excluding carboxylic acids is 1. The number of methoxy groups -OCH3 is 1. The van der Waals surface area contributed by atoms with E-state index in [1.165, 1.54) is 5.56 Å². The van der Waals surface area contributed by atoms with Crippen LogP contribution in [0.3, 0.4) is 0 Å². The first-order valence-corrected chi connectivity index (χ1v) is 8.66. The van der Waals surface area contributed by atoms with Crippen LogP contribution in [0.4, 0.5) is 5.95 Å². The van der Waals surface area contributed by atoms with Crippen LogP contribution in [0, 0.1) is 0 Å². The van der Waals surface area contributed by atoms with Crippen molar-refractivity contribution in [2.75, 3.05) is 12.4 Å². The third-order valence-electron chi connectivity index (χ3n) is 4.49. The van der Waals surface area contributed by atoms with E-state index < -0.39 is 0 Å². The Morgan fingerprint density at radius 2 is 1.89 bits per heavy atom. The van der Waals surface area contributed by atoms with Crippen LogP contribution in [-0.4, -0.2) is 33.2 Å². The minimum absolute atomic E-state index is 0.152. The minimum atomic E-state index is -0.274. The predicted molar refractivity (Wildman–Crippen MR) is 104 cm³/mol. The standard InChI is InChI=1S/C20H19N5O2/c1-11(2)12-4-6-13(7-5-12)19(26)23-20-22-18-17(24-25-20)15-10-14(27-3)8-9-16(15)21-18/h4-11H,1-3H3,(H2,21,22,23,25,26). The number of fused-ring (bicyclic) bond motifs is 3. The molecule has 7 heteroatoms. The largest absolute Gasteiger partial charge is 0.497 e. The fourth-order valence-corrected chi connectivity index (χ4v) is 2.92. The first-order valence-electron chi connectivity index (χ1n) is 8.66. The van der Waals surface area contributed by atoms with Crippen molar-refractivity contribution in [2.45, 2.75) is 19.8 Å². The van der Waals surface area contributed by atoms with Crippen molar-refractivity contribution >= 4 is 33.9 Å². The molecule has 0 aliphatic heterocycles. The van der Waals surface area contributed by atoms with Gasteiger partial charge in [0, 0.05) is 16.5 Å². The highest BCUT2D eigenvalue weighted by Gasteiger charge is 2.13. The molecule has 4 aromatic rings. The monoisotopic (exact) mass is 361 g/mol. The molecule has 4 rings (SSSR count). The predicted octanol–water partition coefficient (Wildman–Crippen LogP) is 3.89. The lowest BCUT2D eigenvalue weighted by atomic mass is 10.0. The number of aromatic nitrogens is 4. The van der Waals surface area contributed by atoms with Gasteiger partial charge in [0.2, 0.25) is 0 Å². The van der Waals surface area contributed by atoms with Crippen molar-refractivity contribution in [3.05, 3.63) is 53.6 Å². The summed E-state index contributed by atoms with van der Waals surface area (Å²) >= 11 is 0. The second-order valence-electron chi connectivity index (χ2n) is 6.60. The van der Waals surface area contributed by atoms with Gasteiger partial charge in [0.1, 0.15) is 11.3 Å². The van der Waals surface area contributed by atoms with Crippen LogP contribution >= 0.6 is 0 Å². The van der Waals surface area contributed by atoms with E-state index in [-0.39, 0.29) is 11.9 Å². The molecule has 27 heavy (non-hydrogen) atoms. The van der Waals surface area contributed by atoms with Gasteiger partial charge in [-0.25, -0.2) is 0 Å². The second-order valence-corrected chi connectivity index (χ2v) is 6.60. The van der Waals surface area contributed by atoms with Crippen LogP contribution in [0.2, 0.25) is 0 Å². The molecule has 0 bridgehead atoms. The summed E-state index contributed by atoms with van der Waals surface area (Å²) < 4.78 is 5.25. The lowest BCUT2D eigenvalue weighted by Crippen LogP contribution is -2.14. The van der Waals surface area contributed by atoms with Gasteiger partial charge in [-0.05, 0) is 41.8 Å². The molecule has 0 unspecified atom stereocenters. The molecule has 7 nitrogen and oxygen atoms in total. The molecular weight excluding hydrogens is 342 g/mol. The smallest absolute Gasteiger partial charge is 0.258 e. The van der Waals surface area contributed by atoms with Gasteiger partial charge in [0.15, 0.2) is 5.65 Å². The summed E-state index contributed by atoms with van der Waals surface area (Å²) in [5.74, 6) is 1.02. The van der Waals surface area contributed by atoms with E-state index in [1.807, 2.05) is 30.3 Å². The van der Waals surface area contributed by atoms with Crippen molar-refractivity contribution in [3.63, 3.8) is 0 Å². The molecule has 0 radical (unpaired) electrons. The Bertz CT molecular complexity index is 1130. The maximum atomic E-state index is 12.4. The maximum absolute atomic E-state index is 12.4. The summed E-state index contributed by atoms with van der Waals surface area (Å²) in [6.07, 6.45) is 0. The molecule has 0 aliphatic rings. The van der Waals surface area contributed by atoms with Gasteiger partial charge >= 0.3 is 0 Å². The number of anilines is 1. The molecule has 0 saturated heterocycles. The summed E-state index contributed by atoms with van der Waals surface area (Å²) in [7, 11) is 1.61. The first kappa shape index (κ1) is 17.0. The SMILES string of the molecule is COc1ccc2[nH]c3nc(NC(=O)c4ccc(C(C)C)cc4)nnc3c2c1. The van der Waals surface area contributed by atoms with E-state index in [9.17, 15) is 4.79 Å². The topological polar surface area (TPSA) is 92.8 Å². The molecule has 0 fully saturated rings. The lowest BCUT2D eigenvalue weighted by molar-refractivity contribution is 0.102. The molecule has 0 spiro atoms. The van der Waals surface area contributed by atoms with Gasteiger partial charge in [-0.2, -0.15) is 4.98 Å². The van der Waals surface area contributed by atoms with Gasteiger partial charge < -0.3 is 9.72 Å². The van der Waals surface area contributed by atoms with Gasteiger partial charge in [-0.15, -0.1) is 10.2 Å². The second kappa shape index (κ2) is 6.68. The Morgan fingerprint density at radius 1 is 1.11 bits per heavy atom. The molecule has 0 atom stereocenters. The summed E-state index contributed by atoms with van der Waals surface area (Å²) in [4.78, 5) is 20.0. The highest BCUT2D eigenvalue weighted by atomic mass is 16.5. The molecule has 0 saturated carbocycles. The molecule has 1 amide bonds. The summed E-state index contributed by atoms with van der Waals surface area (Å²) in [5.41, 5.74) is 3.78. The number of rotatable bonds is 4. The lowest BCUT2D eigenvalue weighted by Gasteiger charge is -2.07. The van der Waals surface area contributed by atoms with Crippen LogP contribution in [0.15, 0.2) is 42.5 Å². The summed E-state index contributed by atoms with van der Waals surface area (Å²) in [6.45, 7) is 4.22. The molecular formula is C20H19N5O2. The van der Waals surface area contributed by atoms with Crippen molar-refractivity contribution in [3.8, 4) is 5.75 Å². The number of nitrogens with one attached hydrogen (secondary N) is 2. The maximum Gasteiger partial charge on any atom is 0.258 e. The van der Waals surface area contributed by atoms with Crippen molar-refractivity contribution in [1.29, 1.82) is 0 Å². The van der Waals surface area contributed by atoms with Crippen LogP contribution < -0.4 is 10.1 Å². The highest BCUT2D eigenvalue weighted by Crippen LogP contribution is 2.26. The van der Waals surface area contributed by atoms with Crippen molar-refractivity contribution in [2.24, 2.45) is 0 Å². The number of hydrogen-bond acceptors (Lipinski definition) is 5. The number of carbonyl (C=O) groups is 1. The number of hydrogen-bond donors (Lipinski definition) is 2.